The molecule has 8 heteroatoms. The highest BCUT2D eigenvalue weighted by Crippen LogP contribution is 2.67. The van der Waals surface area contributed by atoms with Gasteiger partial charge >= 0.3 is 5.97 Å². The van der Waals surface area contributed by atoms with Gasteiger partial charge in [0.1, 0.15) is 6.04 Å². The number of hydrogen-bond acceptors (Lipinski definition) is 6. The Kier molecular flexibility index (Phi) is 9.03. The zero-order valence-corrected chi connectivity index (χ0v) is 23.4. The maximum Gasteiger partial charge on any atom is 0.310 e. The first-order valence-electron chi connectivity index (χ1n) is 13.3. The average molecular weight is 521 g/mol. The molecule has 3 fully saturated rings. The van der Waals surface area contributed by atoms with Crippen molar-refractivity contribution in [3.05, 3.63) is 25.3 Å². The Balaban J connectivity index is 2.00. The molecule has 202 valence electrons. The van der Waals surface area contributed by atoms with Crippen molar-refractivity contribution in [1.82, 2.24) is 9.80 Å². The SMILES string of the molecule is C=CCCCCOC(=O)[C@@H]1[C@@H]2CCC3(S2)C(C(=O)N(CC=C)C(C)(C)C)N([C@@H](CO)C(C)C)C(=O)[C@H]13. The lowest BCUT2D eigenvalue weighted by atomic mass is 9.71. The number of amides is 2. The van der Waals surface area contributed by atoms with Gasteiger partial charge in [-0.2, -0.15) is 0 Å². The quantitative estimate of drug-likeness (QED) is 0.239. The smallest absolute Gasteiger partial charge is 0.310 e. The number of ether oxygens (including phenoxy) is 1. The Labute approximate surface area is 220 Å². The molecule has 0 aromatic heterocycles. The van der Waals surface area contributed by atoms with Crippen molar-refractivity contribution < 1.29 is 24.2 Å². The van der Waals surface area contributed by atoms with Gasteiger partial charge in [0.25, 0.3) is 0 Å². The topological polar surface area (TPSA) is 87.2 Å². The second-order valence-electron chi connectivity index (χ2n) is 11.7. The fourth-order valence-corrected chi connectivity index (χ4v) is 8.43. The maximum absolute atomic E-state index is 14.3. The van der Waals surface area contributed by atoms with E-state index in [0.717, 1.165) is 25.7 Å². The number of likely N-dealkylation sites (tertiary alicyclic amines) is 1. The summed E-state index contributed by atoms with van der Waals surface area (Å²) in [6.07, 6.45) is 7.53. The summed E-state index contributed by atoms with van der Waals surface area (Å²) in [5, 5.41) is 10.3. The summed E-state index contributed by atoms with van der Waals surface area (Å²) >= 11 is 1.63. The number of fused-ring (bicyclic) bond motifs is 1. The average Bonchev–Trinajstić information content (AvgIpc) is 3.44. The maximum atomic E-state index is 14.3. The molecule has 2 bridgehead atoms. The number of allylic oxidation sites excluding steroid dienone is 1. The minimum atomic E-state index is -0.742. The highest BCUT2D eigenvalue weighted by molar-refractivity contribution is 8.02. The van der Waals surface area contributed by atoms with Crippen molar-refractivity contribution in [3.8, 4) is 0 Å². The molecule has 7 nitrogen and oxygen atoms in total. The first-order chi connectivity index (χ1) is 17.0. The molecule has 0 aromatic carbocycles. The number of esters is 1. The molecular formula is C28H44N2O5S. The lowest BCUT2D eigenvalue weighted by Crippen LogP contribution is -2.61. The highest BCUT2D eigenvalue weighted by atomic mass is 32.2. The van der Waals surface area contributed by atoms with E-state index in [-0.39, 0.29) is 35.6 Å². The van der Waals surface area contributed by atoms with Gasteiger partial charge in [-0.1, -0.05) is 26.0 Å². The highest BCUT2D eigenvalue weighted by Gasteiger charge is 2.75. The molecule has 0 saturated carbocycles. The van der Waals surface area contributed by atoms with Crippen LogP contribution in [-0.4, -0.2) is 80.1 Å². The lowest BCUT2D eigenvalue weighted by Gasteiger charge is -2.44. The largest absolute Gasteiger partial charge is 0.465 e. The Morgan fingerprint density at radius 1 is 1.28 bits per heavy atom. The molecule has 6 atom stereocenters. The predicted octanol–water partition coefficient (Wildman–Crippen LogP) is 3.81. The number of carbonyl (C=O) groups excluding carboxylic acids is 3. The van der Waals surface area contributed by atoms with Gasteiger partial charge in [-0.05, 0) is 58.8 Å². The monoisotopic (exact) mass is 520 g/mol. The molecule has 3 aliphatic heterocycles. The van der Waals surface area contributed by atoms with Crippen molar-refractivity contribution in [2.75, 3.05) is 19.8 Å². The van der Waals surface area contributed by atoms with Gasteiger partial charge in [0.15, 0.2) is 0 Å². The summed E-state index contributed by atoms with van der Waals surface area (Å²) in [5.74, 6) is -1.90. The minimum Gasteiger partial charge on any atom is -0.465 e. The summed E-state index contributed by atoms with van der Waals surface area (Å²) in [4.78, 5) is 45.2. The zero-order chi connectivity index (χ0) is 26.8. The van der Waals surface area contributed by atoms with Gasteiger partial charge in [-0.15, -0.1) is 24.9 Å². The summed E-state index contributed by atoms with van der Waals surface area (Å²) in [6.45, 7) is 17.8. The first-order valence-corrected chi connectivity index (χ1v) is 14.1. The number of rotatable bonds is 12. The minimum absolute atomic E-state index is 0.0359. The lowest BCUT2D eigenvalue weighted by molar-refractivity contribution is -0.155. The Hall–Kier alpha value is -1.80. The van der Waals surface area contributed by atoms with Crippen LogP contribution in [0, 0.1) is 17.8 Å². The van der Waals surface area contributed by atoms with E-state index >= 15 is 0 Å². The van der Waals surface area contributed by atoms with Crippen molar-refractivity contribution >= 4 is 29.5 Å². The molecule has 3 aliphatic rings. The summed E-state index contributed by atoms with van der Waals surface area (Å²) in [6, 6.07) is -1.25. The fraction of sp³-hybridized carbons (Fsp3) is 0.750. The Morgan fingerprint density at radius 3 is 2.53 bits per heavy atom. The van der Waals surface area contributed by atoms with Crippen LogP contribution in [-0.2, 0) is 19.1 Å². The van der Waals surface area contributed by atoms with Gasteiger partial charge in [-0.3, -0.25) is 14.4 Å². The molecular weight excluding hydrogens is 476 g/mol. The van der Waals surface area contributed by atoms with Crippen LogP contribution in [0.3, 0.4) is 0 Å². The van der Waals surface area contributed by atoms with Gasteiger partial charge in [0.2, 0.25) is 11.8 Å². The van der Waals surface area contributed by atoms with E-state index in [4.69, 9.17) is 4.74 Å². The van der Waals surface area contributed by atoms with Crippen LogP contribution in [0.25, 0.3) is 0 Å². The van der Waals surface area contributed by atoms with Crippen LogP contribution < -0.4 is 0 Å². The number of aliphatic hydroxyl groups is 1. The van der Waals surface area contributed by atoms with E-state index < -0.39 is 34.2 Å². The van der Waals surface area contributed by atoms with Crippen molar-refractivity contribution in [3.63, 3.8) is 0 Å². The predicted molar refractivity (Wildman–Crippen MR) is 143 cm³/mol. The van der Waals surface area contributed by atoms with E-state index in [1.807, 2.05) is 40.7 Å². The molecule has 1 spiro atoms. The van der Waals surface area contributed by atoms with Crippen LogP contribution in [0.1, 0.15) is 66.7 Å². The number of carbonyl (C=O) groups is 3. The third kappa shape index (κ3) is 5.00. The van der Waals surface area contributed by atoms with Gasteiger partial charge in [0.05, 0.1) is 35.8 Å². The second-order valence-corrected chi connectivity index (χ2v) is 13.3. The molecule has 2 unspecified atom stereocenters. The number of unbranched alkanes of at least 4 members (excludes halogenated alkanes) is 2. The number of thioether (sulfide) groups is 1. The first kappa shape index (κ1) is 28.8. The standard InChI is InChI=1S/C28H44N2O5S/c1-8-10-11-12-16-35-26(34)21-20-13-14-28(36-20)22(21)24(32)30(19(17-31)18(3)4)23(28)25(33)29(15-9-2)27(5,6)7/h8-9,18-23,31H,1-2,10-17H2,3-7H3/t19-,20-,21+,22-,23?,28?/m0/s1. The molecule has 0 aliphatic carbocycles. The summed E-state index contributed by atoms with van der Waals surface area (Å²) in [5.41, 5.74) is -0.480. The molecule has 2 amide bonds. The van der Waals surface area contributed by atoms with Crippen molar-refractivity contribution in [2.45, 2.75) is 94.3 Å². The van der Waals surface area contributed by atoms with Crippen LogP contribution in [0.2, 0.25) is 0 Å². The van der Waals surface area contributed by atoms with Crippen molar-refractivity contribution in [1.29, 1.82) is 0 Å². The van der Waals surface area contributed by atoms with Crippen LogP contribution >= 0.6 is 11.8 Å². The third-order valence-electron chi connectivity index (χ3n) is 7.99. The number of hydrogen-bond donors (Lipinski definition) is 1. The number of aliphatic hydroxyl groups excluding tert-OH is 1. The molecule has 0 aromatic rings. The summed E-state index contributed by atoms with van der Waals surface area (Å²) < 4.78 is 4.97. The zero-order valence-electron chi connectivity index (χ0n) is 22.6. The van der Waals surface area contributed by atoms with Crippen LogP contribution in [0.5, 0.6) is 0 Å². The van der Waals surface area contributed by atoms with E-state index in [1.165, 1.54) is 0 Å². The Morgan fingerprint density at radius 2 is 1.97 bits per heavy atom. The normalized spacial score (nSPS) is 29.9. The third-order valence-corrected chi connectivity index (χ3v) is 9.94. The molecule has 3 heterocycles. The van der Waals surface area contributed by atoms with E-state index in [1.54, 1.807) is 27.6 Å². The number of nitrogens with zero attached hydrogens (tertiary/aromatic N) is 2. The Bertz CT molecular complexity index is 868. The molecule has 0 radical (unpaired) electrons. The van der Waals surface area contributed by atoms with E-state index in [0.29, 0.717) is 19.6 Å². The van der Waals surface area contributed by atoms with Crippen LogP contribution in [0.4, 0.5) is 0 Å². The van der Waals surface area contributed by atoms with Crippen molar-refractivity contribution in [2.24, 2.45) is 17.8 Å². The van der Waals surface area contributed by atoms with Crippen LogP contribution in [0.15, 0.2) is 25.3 Å². The summed E-state index contributed by atoms with van der Waals surface area (Å²) in [7, 11) is 0. The van der Waals surface area contributed by atoms with E-state index in [2.05, 4.69) is 13.2 Å². The van der Waals surface area contributed by atoms with Gasteiger partial charge in [-0.25, -0.2) is 0 Å². The second kappa shape index (κ2) is 11.3. The van der Waals surface area contributed by atoms with E-state index in [9.17, 15) is 19.5 Å². The molecule has 1 N–H and O–H groups in total. The molecule has 3 rings (SSSR count). The fourth-order valence-electron chi connectivity index (χ4n) is 6.25. The molecule has 3 saturated heterocycles. The molecule has 36 heavy (non-hydrogen) atoms. The van der Waals surface area contributed by atoms with Gasteiger partial charge in [0, 0.05) is 17.3 Å². The van der Waals surface area contributed by atoms with Gasteiger partial charge < -0.3 is 19.6 Å².